The van der Waals surface area contributed by atoms with E-state index in [0.29, 0.717) is 19.4 Å². The van der Waals surface area contributed by atoms with Crippen LogP contribution in [0.15, 0.2) is 35.9 Å². The van der Waals surface area contributed by atoms with E-state index < -0.39 is 0 Å². The quantitative estimate of drug-likeness (QED) is 0.781. The average molecular weight is 330 g/mol. The fourth-order valence-corrected chi connectivity index (χ4v) is 2.98. The SMILES string of the molecule is COc1ccccc1CC(C)=CC(=O)NC(C)CN1CCCC1=O. The summed E-state index contributed by atoms with van der Waals surface area (Å²) in [4.78, 5) is 25.6. The summed E-state index contributed by atoms with van der Waals surface area (Å²) in [5, 5.41) is 2.93. The highest BCUT2D eigenvalue weighted by atomic mass is 16.5. The molecule has 130 valence electrons. The normalized spacial score (nSPS) is 16.2. The van der Waals surface area contributed by atoms with E-state index >= 15 is 0 Å². The molecule has 1 heterocycles. The molecule has 5 heteroatoms. The highest BCUT2D eigenvalue weighted by Crippen LogP contribution is 2.20. The lowest BCUT2D eigenvalue weighted by atomic mass is 10.0. The van der Waals surface area contributed by atoms with Gasteiger partial charge in [0.25, 0.3) is 0 Å². The molecule has 5 nitrogen and oxygen atoms in total. The molecule has 1 atom stereocenters. The second-order valence-corrected chi connectivity index (χ2v) is 6.33. The third kappa shape index (κ3) is 5.11. The van der Waals surface area contributed by atoms with Gasteiger partial charge in [-0.05, 0) is 38.3 Å². The number of benzene rings is 1. The number of para-hydroxylation sites is 1. The van der Waals surface area contributed by atoms with Gasteiger partial charge in [0.1, 0.15) is 5.75 Å². The van der Waals surface area contributed by atoms with Crippen molar-refractivity contribution in [2.24, 2.45) is 0 Å². The van der Waals surface area contributed by atoms with Gasteiger partial charge in [0.05, 0.1) is 7.11 Å². The summed E-state index contributed by atoms with van der Waals surface area (Å²) in [6.07, 6.45) is 3.82. The van der Waals surface area contributed by atoms with Gasteiger partial charge in [0, 0.05) is 31.6 Å². The van der Waals surface area contributed by atoms with E-state index in [0.717, 1.165) is 29.9 Å². The van der Waals surface area contributed by atoms with E-state index in [1.807, 2.05) is 43.0 Å². The van der Waals surface area contributed by atoms with Gasteiger partial charge in [0.15, 0.2) is 0 Å². The maximum Gasteiger partial charge on any atom is 0.244 e. The number of nitrogens with one attached hydrogen (secondary N) is 1. The van der Waals surface area contributed by atoms with Crippen molar-refractivity contribution < 1.29 is 14.3 Å². The van der Waals surface area contributed by atoms with Gasteiger partial charge < -0.3 is 15.0 Å². The van der Waals surface area contributed by atoms with Crippen molar-refractivity contribution >= 4 is 11.8 Å². The molecule has 1 aliphatic heterocycles. The molecule has 0 saturated carbocycles. The molecule has 1 aliphatic rings. The number of carbonyl (C=O) groups excluding carboxylic acids is 2. The Bertz CT molecular complexity index is 625. The van der Waals surface area contributed by atoms with Crippen molar-refractivity contribution in [1.29, 1.82) is 0 Å². The van der Waals surface area contributed by atoms with E-state index in [4.69, 9.17) is 4.74 Å². The summed E-state index contributed by atoms with van der Waals surface area (Å²) in [7, 11) is 1.64. The highest BCUT2D eigenvalue weighted by molar-refractivity contribution is 5.88. The Morgan fingerprint density at radius 1 is 1.42 bits per heavy atom. The second-order valence-electron chi connectivity index (χ2n) is 6.33. The molecule has 1 unspecified atom stereocenters. The number of allylic oxidation sites excluding steroid dienone is 1. The van der Waals surface area contributed by atoms with Crippen molar-refractivity contribution in [3.63, 3.8) is 0 Å². The topological polar surface area (TPSA) is 58.6 Å². The summed E-state index contributed by atoms with van der Waals surface area (Å²) in [5.41, 5.74) is 2.01. The molecule has 1 aromatic carbocycles. The van der Waals surface area contributed by atoms with Crippen LogP contribution >= 0.6 is 0 Å². The molecule has 1 saturated heterocycles. The summed E-state index contributed by atoms with van der Waals surface area (Å²) in [6.45, 7) is 5.22. The number of methoxy groups -OCH3 is 1. The predicted octanol–water partition coefficient (Wildman–Crippen LogP) is 2.31. The maximum atomic E-state index is 12.1. The first-order valence-corrected chi connectivity index (χ1v) is 8.37. The molecular formula is C19H26N2O3. The van der Waals surface area contributed by atoms with Gasteiger partial charge >= 0.3 is 0 Å². The van der Waals surface area contributed by atoms with Crippen LogP contribution in [0, 0.1) is 0 Å². The number of nitrogens with zero attached hydrogens (tertiary/aromatic N) is 1. The van der Waals surface area contributed by atoms with Gasteiger partial charge in [-0.1, -0.05) is 23.8 Å². The zero-order valence-electron chi connectivity index (χ0n) is 14.7. The number of rotatable bonds is 7. The minimum atomic E-state index is -0.124. The molecule has 0 bridgehead atoms. The molecule has 1 fully saturated rings. The van der Waals surface area contributed by atoms with Gasteiger partial charge in [0.2, 0.25) is 11.8 Å². The Kier molecular flexibility index (Phi) is 6.41. The first-order valence-electron chi connectivity index (χ1n) is 8.37. The number of hydrogen-bond acceptors (Lipinski definition) is 3. The summed E-state index contributed by atoms with van der Waals surface area (Å²) >= 11 is 0. The van der Waals surface area contributed by atoms with Crippen LogP contribution in [0.1, 0.15) is 32.3 Å². The van der Waals surface area contributed by atoms with Gasteiger partial charge in [-0.2, -0.15) is 0 Å². The highest BCUT2D eigenvalue weighted by Gasteiger charge is 2.22. The molecule has 2 amide bonds. The van der Waals surface area contributed by atoms with Crippen LogP contribution in [0.4, 0.5) is 0 Å². The van der Waals surface area contributed by atoms with Gasteiger partial charge in [-0.25, -0.2) is 0 Å². The number of likely N-dealkylation sites (tertiary alicyclic amines) is 1. The van der Waals surface area contributed by atoms with Gasteiger partial charge in [-0.15, -0.1) is 0 Å². The van der Waals surface area contributed by atoms with Crippen LogP contribution in [0.5, 0.6) is 5.75 Å². The van der Waals surface area contributed by atoms with E-state index in [1.165, 1.54) is 0 Å². The summed E-state index contributed by atoms with van der Waals surface area (Å²) < 4.78 is 5.33. The minimum absolute atomic E-state index is 0.0603. The standard InChI is InChI=1S/C19H26N2O3/c1-14(11-16-7-4-5-8-17(16)24-3)12-18(22)20-15(2)13-21-10-6-9-19(21)23/h4-5,7-8,12,15H,6,9-11,13H2,1-3H3,(H,20,22). The average Bonchev–Trinajstić information content (AvgIpc) is 2.92. The lowest BCUT2D eigenvalue weighted by Crippen LogP contribution is -2.41. The molecular weight excluding hydrogens is 304 g/mol. The van der Waals surface area contributed by atoms with Crippen LogP contribution in [0.25, 0.3) is 0 Å². The van der Waals surface area contributed by atoms with E-state index in [-0.39, 0.29) is 17.9 Å². The maximum absolute atomic E-state index is 12.1. The number of ether oxygens (including phenoxy) is 1. The molecule has 2 rings (SSSR count). The van der Waals surface area contributed by atoms with Crippen molar-refractivity contribution in [2.75, 3.05) is 20.2 Å². The zero-order valence-corrected chi connectivity index (χ0v) is 14.7. The third-order valence-corrected chi connectivity index (χ3v) is 4.09. The largest absolute Gasteiger partial charge is 0.496 e. The molecule has 0 aromatic heterocycles. The van der Waals surface area contributed by atoms with E-state index in [9.17, 15) is 9.59 Å². The Hall–Kier alpha value is -2.30. The monoisotopic (exact) mass is 330 g/mol. The second kappa shape index (κ2) is 8.52. The van der Waals surface area contributed by atoms with Crippen LogP contribution in [-0.4, -0.2) is 43.0 Å². The van der Waals surface area contributed by atoms with E-state index in [2.05, 4.69) is 5.32 Å². The van der Waals surface area contributed by atoms with E-state index in [1.54, 1.807) is 13.2 Å². The molecule has 0 aliphatic carbocycles. The molecule has 1 aromatic rings. The van der Waals surface area contributed by atoms with Crippen molar-refractivity contribution in [3.05, 3.63) is 41.5 Å². The van der Waals surface area contributed by atoms with Crippen LogP contribution in [-0.2, 0) is 16.0 Å². The van der Waals surface area contributed by atoms with Crippen molar-refractivity contribution in [3.8, 4) is 5.75 Å². The minimum Gasteiger partial charge on any atom is -0.496 e. The lowest BCUT2D eigenvalue weighted by molar-refractivity contribution is -0.128. The van der Waals surface area contributed by atoms with Crippen molar-refractivity contribution in [2.45, 2.75) is 39.2 Å². The zero-order chi connectivity index (χ0) is 17.5. The summed E-state index contributed by atoms with van der Waals surface area (Å²) in [5.74, 6) is 0.882. The first kappa shape index (κ1) is 18.0. The Morgan fingerprint density at radius 2 is 2.17 bits per heavy atom. The molecule has 0 spiro atoms. The Labute approximate surface area is 143 Å². The number of amides is 2. The fourth-order valence-electron chi connectivity index (χ4n) is 2.98. The first-order chi connectivity index (χ1) is 11.5. The fraction of sp³-hybridized carbons (Fsp3) is 0.474. The molecule has 0 radical (unpaired) electrons. The van der Waals surface area contributed by atoms with Crippen molar-refractivity contribution in [1.82, 2.24) is 10.2 Å². The Balaban J connectivity index is 1.87. The number of hydrogen-bond donors (Lipinski definition) is 1. The molecule has 24 heavy (non-hydrogen) atoms. The van der Waals surface area contributed by atoms with Crippen LogP contribution < -0.4 is 10.1 Å². The predicted molar refractivity (Wildman–Crippen MR) is 93.9 cm³/mol. The van der Waals surface area contributed by atoms with Crippen LogP contribution in [0.2, 0.25) is 0 Å². The Morgan fingerprint density at radius 3 is 2.83 bits per heavy atom. The number of carbonyl (C=O) groups is 2. The van der Waals surface area contributed by atoms with Crippen LogP contribution in [0.3, 0.4) is 0 Å². The lowest BCUT2D eigenvalue weighted by Gasteiger charge is -2.21. The molecule has 1 N–H and O–H groups in total. The third-order valence-electron chi connectivity index (χ3n) is 4.09. The summed E-state index contributed by atoms with van der Waals surface area (Å²) in [6, 6.07) is 7.73. The smallest absolute Gasteiger partial charge is 0.244 e. The van der Waals surface area contributed by atoms with Gasteiger partial charge in [-0.3, -0.25) is 9.59 Å².